The largest absolute Gasteiger partial charge is 0.456 e. The van der Waals surface area contributed by atoms with Gasteiger partial charge < -0.3 is 19.1 Å². The summed E-state index contributed by atoms with van der Waals surface area (Å²) in [5.41, 5.74) is 24.0. The quantitative estimate of drug-likeness (QED) is 0.122. The molecule has 0 radical (unpaired) electrons. The summed E-state index contributed by atoms with van der Waals surface area (Å²) in [5, 5.41) is 6.33. The van der Waals surface area contributed by atoms with Crippen molar-refractivity contribution in [2.75, 3.05) is 0 Å². The van der Waals surface area contributed by atoms with Gasteiger partial charge in [-0.2, -0.15) is 4.99 Å². The molecule has 0 bridgehead atoms. The highest BCUT2D eigenvalue weighted by molar-refractivity contribution is 6.18. The third-order valence-corrected chi connectivity index (χ3v) is 13.9. The zero-order valence-electron chi connectivity index (χ0n) is 38.9. The Hall–Kier alpha value is -9.46. The van der Waals surface area contributed by atoms with Crippen LogP contribution in [0, 0.1) is 6.92 Å². The van der Waals surface area contributed by atoms with E-state index in [1.54, 1.807) is 0 Å². The fourth-order valence-electron chi connectivity index (χ4n) is 10.7. The molecule has 0 saturated heterocycles. The Bertz CT molecular complexity index is 4280. The van der Waals surface area contributed by atoms with Crippen LogP contribution in [0.5, 0.6) is 0 Å². The molecule has 13 rings (SSSR count). The number of benzene rings is 9. The lowest BCUT2D eigenvalue weighted by Crippen LogP contribution is -2.25. The van der Waals surface area contributed by atoms with Gasteiger partial charge in [-0.05, 0) is 89.3 Å². The first-order chi connectivity index (χ1) is 35.0. The van der Waals surface area contributed by atoms with Gasteiger partial charge in [-0.1, -0.05) is 170 Å². The summed E-state index contributed by atoms with van der Waals surface area (Å²) < 4.78 is 17.5. The summed E-state index contributed by atoms with van der Waals surface area (Å²) in [7, 11) is 0. The lowest BCUT2D eigenvalue weighted by Gasteiger charge is -2.16. The Labute approximate surface area is 409 Å². The third kappa shape index (κ3) is 6.81. The average Bonchev–Trinajstić information content (AvgIpc) is 4.17. The first kappa shape index (κ1) is 41.7. The molecule has 0 amide bonds. The van der Waals surface area contributed by atoms with Gasteiger partial charge in [-0.25, -0.2) is 0 Å². The van der Waals surface area contributed by atoms with E-state index in [-0.39, 0.29) is 5.96 Å². The van der Waals surface area contributed by atoms with Gasteiger partial charge in [0.1, 0.15) is 22.3 Å². The molecular formula is C64H45N5O2. The fraction of sp³-hybridized carbons (Fsp3) is 0.0312. The van der Waals surface area contributed by atoms with E-state index in [0.717, 1.165) is 127 Å². The summed E-state index contributed by atoms with van der Waals surface area (Å²) in [6, 6.07) is 73.2. The zero-order chi connectivity index (χ0) is 47.6. The second-order valence-corrected chi connectivity index (χ2v) is 17.9. The van der Waals surface area contributed by atoms with Crippen LogP contribution in [-0.4, -0.2) is 20.9 Å². The van der Waals surface area contributed by atoms with Gasteiger partial charge in [0.2, 0.25) is 5.96 Å². The fourth-order valence-corrected chi connectivity index (χ4v) is 10.7. The van der Waals surface area contributed by atoms with Crippen LogP contribution in [0.15, 0.2) is 238 Å². The summed E-state index contributed by atoms with van der Waals surface area (Å²) >= 11 is 0. The van der Waals surface area contributed by atoms with Gasteiger partial charge in [0, 0.05) is 54.7 Å². The van der Waals surface area contributed by atoms with Crippen molar-refractivity contribution < 1.29 is 8.83 Å². The maximum absolute atomic E-state index is 7.42. The number of para-hydroxylation sites is 4. The maximum atomic E-state index is 7.42. The van der Waals surface area contributed by atoms with Gasteiger partial charge in [0.25, 0.3) is 0 Å². The summed E-state index contributed by atoms with van der Waals surface area (Å²) in [6.07, 6.45) is 1.93. The molecule has 4 heterocycles. The number of rotatable bonds is 8. The minimum Gasteiger partial charge on any atom is -0.456 e. The number of amidine groups is 1. The van der Waals surface area contributed by atoms with E-state index in [1.165, 1.54) is 0 Å². The lowest BCUT2D eigenvalue weighted by atomic mass is 9.90. The molecule has 2 N–H and O–H groups in total. The number of aliphatic imine (C=N–C) groups is 2. The van der Waals surface area contributed by atoms with E-state index in [0.29, 0.717) is 12.4 Å². The Morgan fingerprint density at radius 3 is 1.94 bits per heavy atom. The molecule has 0 aliphatic rings. The summed E-state index contributed by atoms with van der Waals surface area (Å²) in [5.74, 6) is 0.784. The van der Waals surface area contributed by atoms with Crippen molar-refractivity contribution in [1.82, 2.24) is 9.13 Å². The van der Waals surface area contributed by atoms with Crippen LogP contribution in [-0.2, 0) is 6.54 Å². The molecule has 0 unspecified atom stereocenters. The molecule has 0 spiro atoms. The smallest absolute Gasteiger partial charge is 0.207 e. The molecule has 9 aromatic carbocycles. The number of nitrogens with zero attached hydrogens (tertiary/aromatic N) is 4. The molecule has 13 aromatic rings. The minimum atomic E-state index is 0.281. The second kappa shape index (κ2) is 16.9. The number of aryl methyl sites for hydroxylation is 1. The molecule has 0 fully saturated rings. The highest BCUT2D eigenvalue weighted by Crippen LogP contribution is 2.45. The van der Waals surface area contributed by atoms with Crippen molar-refractivity contribution in [3.05, 3.63) is 241 Å². The highest BCUT2D eigenvalue weighted by Gasteiger charge is 2.27. The first-order valence-corrected chi connectivity index (χ1v) is 23.8. The predicted molar refractivity (Wildman–Crippen MR) is 295 cm³/mol. The lowest BCUT2D eigenvalue weighted by molar-refractivity contribution is 0.668. The monoisotopic (exact) mass is 915 g/mol. The first-order valence-electron chi connectivity index (χ1n) is 23.8. The Kier molecular flexibility index (Phi) is 9.95. The van der Waals surface area contributed by atoms with Crippen molar-refractivity contribution in [3.63, 3.8) is 0 Å². The van der Waals surface area contributed by atoms with E-state index in [1.807, 2.05) is 72.8 Å². The van der Waals surface area contributed by atoms with Crippen LogP contribution in [0.25, 0.3) is 111 Å². The normalized spacial score (nSPS) is 12.4. The maximum Gasteiger partial charge on any atom is 0.207 e. The van der Waals surface area contributed by atoms with Crippen LogP contribution in [0.4, 0.5) is 0 Å². The number of nitrogens with two attached hydrogens (primary N) is 1. The van der Waals surface area contributed by atoms with Crippen molar-refractivity contribution in [3.8, 4) is 39.3 Å². The Morgan fingerprint density at radius 2 is 1.17 bits per heavy atom. The topological polar surface area (TPSA) is 86.9 Å². The second-order valence-electron chi connectivity index (χ2n) is 17.9. The number of fused-ring (bicyclic) bond motifs is 8. The number of aromatic nitrogens is 2. The van der Waals surface area contributed by atoms with Crippen LogP contribution in [0.3, 0.4) is 0 Å². The summed E-state index contributed by atoms with van der Waals surface area (Å²) in [4.78, 5) is 10.7. The van der Waals surface area contributed by atoms with Gasteiger partial charge >= 0.3 is 0 Å². The van der Waals surface area contributed by atoms with Crippen molar-refractivity contribution in [2.45, 2.75) is 13.5 Å². The van der Waals surface area contributed by atoms with Gasteiger partial charge in [0.05, 0.1) is 29.0 Å². The zero-order valence-corrected chi connectivity index (χ0v) is 38.9. The molecule has 4 aromatic heterocycles. The summed E-state index contributed by atoms with van der Waals surface area (Å²) in [6.45, 7) is 6.86. The number of hydrogen-bond donors (Lipinski definition) is 1. The van der Waals surface area contributed by atoms with Gasteiger partial charge in [-0.3, -0.25) is 9.56 Å². The molecule has 0 aliphatic heterocycles. The molecule has 0 atom stereocenters. The van der Waals surface area contributed by atoms with Crippen molar-refractivity contribution >= 4 is 83.6 Å². The third-order valence-electron chi connectivity index (χ3n) is 13.9. The Morgan fingerprint density at radius 1 is 0.549 bits per heavy atom. The molecule has 0 aliphatic carbocycles. The predicted octanol–water partition coefficient (Wildman–Crippen LogP) is 16.1. The molecule has 0 saturated carbocycles. The Balaban J connectivity index is 0.988. The van der Waals surface area contributed by atoms with Crippen LogP contribution >= 0.6 is 0 Å². The number of furan rings is 2. The van der Waals surface area contributed by atoms with Gasteiger partial charge in [0.15, 0.2) is 5.84 Å². The van der Waals surface area contributed by atoms with E-state index in [9.17, 15) is 0 Å². The molecule has 71 heavy (non-hydrogen) atoms. The highest BCUT2D eigenvalue weighted by atomic mass is 16.3. The van der Waals surface area contributed by atoms with E-state index in [2.05, 4.69) is 168 Å². The average molecular weight is 916 g/mol. The molecular weight excluding hydrogens is 871 g/mol. The SMILES string of the molecule is C=Cc1c(-c2c(C)c3ccccc3n2-c2ccccc2)n(C(N)=NC(=NCc2cccc3oc4ccc(-c5c(-c6ccccc6)ccc6oc7ccccc7c56)cc4c23)c2ccccc2)c2ccccc12. The van der Waals surface area contributed by atoms with Crippen LogP contribution in [0.1, 0.15) is 22.3 Å². The molecule has 7 nitrogen and oxygen atoms in total. The van der Waals surface area contributed by atoms with E-state index in [4.69, 9.17) is 24.6 Å². The van der Waals surface area contributed by atoms with E-state index < -0.39 is 0 Å². The molecule has 338 valence electrons. The van der Waals surface area contributed by atoms with E-state index >= 15 is 0 Å². The van der Waals surface area contributed by atoms with Crippen molar-refractivity contribution in [2.24, 2.45) is 15.7 Å². The van der Waals surface area contributed by atoms with Crippen LogP contribution < -0.4 is 5.73 Å². The van der Waals surface area contributed by atoms with Crippen molar-refractivity contribution in [1.29, 1.82) is 0 Å². The van der Waals surface area contributed by atoms with Crippen LogP contribution in [0.2, 0.25) is 0 Å². The van der Waals surface area contributed by atoms with Gasteiger partial charge in [-0.15, -0.1) is 0 Å². The number of hydrogen-bond acceptors (Lipinski definition) is 3. The minimum absolute atomic E-state index is 0.281. The standard InChI is InChI=1S/C64H45N5O2/c1-3-46-49-28-14-17-31-53(49)69(62(46)61-40(2)47-27-13-16-30-52(47)68(61)45-25-11-6-12-26-45)64(65)67-63(42-22-9-5-10-23-42)66-39-44-24-19-33-56-58(44)51-38-43(34-36-55(51)71-56)59-48(41-20-7-4-8-21-41)35-37-57-60(59)50-29-15-18-32-54(50)70-57/h3-38H,1,39H2,2H3,(H2,65,66,67). The molecule has 7 heteroatoms.